The van der Waals surface area contributed by atoms with E-state index in [0.717, 1.165) is 6.42 Å². The number of nitrogens with two attached hydrogens (primary N) is 1. The number of carbonyl (C=O) groups is 1. The molecule has 1 rings (SSSR count). The van der Waals surface area contributed by atoms with Crippen molar-refractivity contribution in [2.24, 2.45) is 5.73 Å². The third-order valence-electron chi connectivity index (χ3n) is 3.54. The Bertz CT molecular complexity index is 439. The average Bonchev–Trinajstić information content (AvgIpc) is 2.26. The molecule has 1 amide bonds. The predicted octanol–water partition coefficient (Wildman–Crippen LogP) is 0.418. The van der Waals surface area contributed by atoms with Gasteiger partial charge in [-0.05, 0) is 20.3 Å². The number of hydrogen-bond donors (Lipinski definition) is 1. The molecule has 0 bridgehead atoms. The second kappa shape index (κ2) is 7.06. The Balaban J connectivity index is 0.00000361. The Morgan fingerprint density at radius 3 is 2.35 bits per heavy atom. The highest BCUT2D eigenvalue weighted by atomic mass is 35.5. The fourth-order valence-corrected chi connectivity index (χ4v) is 3.74. The number of sulfonamides is 1. The highest BCUT2D eigenvalue weighted by Crippen LogP contribution is 2.18. The van der Waals surface area contributed by atoms with Crippen molar-refractivity contribution in [1.82, 2.24) is 9.21 Å². The minimum absolute atomic E-state index is 0. The summed E-state index contributed by atoms with van der Waals surface area (Å²) in [6.45, 7) is 6.70. The highest BCUT2D eigenvalue weighted by molar-refractivity contribution is 7.88. The summed E-state index contributed by atoms with van der Waals surface area (Å²) < 4.78 is 24.6. The monoisotopic (exact) mass is 327 g/mol. The van der Waals surface area contributed by atoms with Gasteiger partial charge in [-0.1, -0.05) is 13.3 Å². The molecule has 6 nitrogen and oxygen atoms in total. The first-order chi connectivity index (χ1) is 8.59. The Morgan fingerprint density at radius 2 is 1.95 bits per heavy atom. The first kappa shape index (κ1) is 19.6. The van der Waals surface area contributed by atoms with Crippen LogP contribution in [-0.2, 0) is 14.8 Å². The van der Waals surface area contributed by atoms with E-state index in [0.29, 0.717) is 26.1 Å². The van der Waals surface area contributed by atoms with Crippen LogP contribution in [0.3, 0.4) is 0 Å². The second-order valence-electron chi connectivity index (χ2n) is 5.64. The van der Waals surface area contributed by atoms with Gasteiger partial charge in [0.2, 0.25) is 15.9 Å². The largest absolute Gasteiger partial charge is 0.338 e. The molecule has 1 unspecified atom stereocenters. The molecule has 1 heterocycles. The summed E-state index contributed by atoms with van der Waals surface area (Å²) in [4.78, 5) is 14.0. The summed E-state index contributed by atoms with van der Waals surface area (Å²) in [5.41, 5.74) is 5.19. The van der Waals surface area contributed by atoms with Crippen LogP contribution in [0, 0.1) is 0 Å². The van der Waals surface area contributed by atoms with Crippen LogP contribution >= 0.6 is 12.4 Å². The van der Waals surface area contributed by atoms with Gasteiger partial charge in [-0.2, -0.15) is 4.31 Å². The van der Waals surface area contributed by atoms with E-state index < -0.39 is 15.6 Å². The van der Waals surface area contributed by atoms with Crippen LogP contribution in [0.4, 0.5) is 0 Å². The highest BCUT2D eigenvalue weighted by Gasteiger charge is 2.37. The number of carbonyl (C=O) groups excluding carboxylic acids is 1. The fraction of sp³-hybridized carbons (Fsp3) is 0.917. The molecule has 2 N–H and O–H groups in total. The normalized spacial score (nSPS) is 23.9. The molecule has 1 fully saturated rings. The second-order valence-corrected chi connectivity index (χ2v) is 7.58. The van der Waals surface area contributed by atoms with Crippen molar-refractivity contribution in [2.75, 3.05) is 25.9 Å². The van der Waals surface area contributed by atoms with E-state index in [1.54, 1.807) is 11.8 Å². The molecular formula is C12H26ClN3O3S. The number of rotatable bonds is 4. The molecule has 1 saturated heterocycles. The van der Waals surface area contributed by atoms with Crippen LogP contribution < -0.4 is 5.73 Å². The van der Waals surface area contributed by atoms with E-state index in [4.69, 9.17) is 5.73 Å². The SMILES string of the molecule is CCCC(C)(N)C(=O)N1CCN(S(C)(=O)=O)[C@@H](C)C1.Cl. The molecule has 120 valence electrons. The van der Waals surface area contributed by atoms with E-state index >= 15 is 0 Å². The molecular weight excluding hydrogens is 302 g/mol. The maximum atomic E-state index is 12.3. The molecule has 0 aromatic heterocycles. The lowest BCUT2D eigenvalue weighted by atomic mass is 9.95. The molecule has 0 aromatic carbocycles. The van der Waals surface area contributed by atoms with Crippen molar-refractivity contribution < 1.29 is 13.2 Å². The van der Waals surface area contributed by atoms with Gasteiger partial charge < -0.3 is 10.6 Å². The van der Waals surface area contributed by atoms with Crippen molar-refractivity contribution in [2.45, 2.75) is 45.2 Å². The van der Waals surface area contributed by atoms with Crippen LogP contribution in [0.15, 0.2) is 0 Å². The zero-order valence-corrected chi connectivity index (χ0v) is 14.3. The van der Waals surface area contributed by atoms with Gasteiger partial charge >= 0.3 is 0 Å². The molecule has 1 aliphatic rings. The Labute approximate surface area is 128 Å². The summed E-state index contributed by atoms with van der Waals surface area (Å²) in [6.07, 6.45) is 2.68. The van der Waals surface area contributed by atoms with Crippen molar-refractivity contribution >= 4 is 28.3 Å². The molecule has 20 heavy (non-hydrogen) atoms. The Hall–Kier alpha value is -0.370. The molecule has 0 spiro atoms. The lowest BCUT2D eigenvalue weighted by molar-refractivity contribution is -0.138. The van der Waals surface area contributed by atoms with Gasteiger partial charge in [0.05, 0.1) is 11.8 Å². The average molecular weight is 328 g/mol. The van der Waals surface area contributed by atoms with Gasteiger partial charge in [-0.25, -0.2) is 8.42 Å². The van der Waals surface area contributed by atoms with Gasteiger partial charge in [-0.3, -0.25) is 4.79 Å². The molecule has 2 atom stereocenters. The van der Waals surface area contributed by atoms with Crippen LogP contribution in [0.5, 0.6) is 0 Å². The third kappa shape index (κ3) is 4.58. The van der Waals surface area contributed by atoms with Crippen LogP contribution in [0.25, 0.3) is 0 Å². The zero-order valence-electron chi connectivity index (χ0n) is 12.6. The van der Waals surface area contributed by atoms with E-state index in [1.807, 2.05) is 13.8 Å². The van der Waals surface area contributed by atoms with Crippen LogP contribution in [0.1, 0.15) is 33.6 Å². The Kier molecular flexibility index (Phi) is 6.93. The Morgan fingerprint density at radius 1 is 1.40 bits per heavy atom. The van der Waals surface area contributed by atoms with Gasteiger partial charge in [0, 0.05) is 25.7 Å². The minimum atomic E-state index is -3.21. The van der Waals surface area contributed by atoms with Crippen molar-refractivity contribution in [3.8, 4) is 0 Å². The summed E-state index contributed by atoms with van der Waals surface area (Å²) in [7, 11) is -3.21. The van der Waals surface area contributed by atoms with Gasteiger partial charge in [-0.15, -0.1) is 12.4 Å². The summed E-state index contributed by atoms with van der Waals surface area (Å²) in [6, 6.07) is -0.204. The number of nitrogens with zero attached hydrogens (tertiary/aromatic N) is 2. The molecule has 0 saturated carbocycles. The van der Waals surface area contributed by atoms with Crippen molar-refractivity contribution in [3.05, 3.63) is 0 Å². The third-order valence-corrected chi connectivity index (χ3v) is 4.93. The van der Waals surface area contributed by atoms with Crippen molar-refractivity contribution in [1.29, 1.82) is 0 Å². The van der Waals surface area contributed by atoms with E-state index in [9.17, 15) is 13.2 Å². The first-order valence-corrected chi connectivity index (χ1v) is 8.49. The maximum absolute atomic E-state index is 12.3. The quantitative estimate of drug-likeness (QED) is 0.811. The maximum Gasteiger partial charge on any atom is 0.242 e. The van der Waals surface area contributed by atoms with E-state index in [1.165, 1.54) is 10.6 Å². The number of halogens is 1. The van der Waals surface area contributed by atoms with Crippen molar-refractivity contribution in [3.63, 3.8) is 0 Å². The standard InChI is InChI=1S/C12H25N3O3S.ClH/c1-5-6-12(3,13)11(16)14-7-8-15(10(2)9-14)19(4,17)18;/h10H,5-9,13H2,1-4H3;1H/t10-,12?;/m0./s1. The lowest BCUT2D eigenvalue weighted by Crippen LogP contribution is -2.61. The molecule has 0 aliphatic carbocycles. The fourth-order valence-electron chi connectivity index (χ4n) is 2.61. The van der Waals surface area contributed by atoms with Gasteiger partial charge in [0.25, 0.3) is 0 Å². The topological polar surface area (TPSA) is 83.7 Å². The lowest BCUT2D eigenvalue weighted by Gasteiger charge is -2.41. The summed E-state index contributed by atoms with van der Waals surface area (Å²) >= 11 is 0. The smallest absolute Gasteiger partial charge is 0.242 e. The summed E-state index contributed by atoms with van der Waals surface area (Å²) in [5, 5.41) is 0. The minimum Gasteiger partial charge on any atom is -0.338 e. The first-order valence-electron chi connectivity index (χ1n) is 6.64. The number of piperazine rings is 1. The number of hydrogen-bond acceptors (Lipinski definition) is 4. The molecule has 1 aliphatic heterocycles. The predicted molar refractivity (Wildman–Crippen MR) is 82.3 cm³/mol. The molecule has 8 heteroatoms. The summed E-state index contributed by atoms with van der Waals surface area (Å²) in [5.74, 6) is -0.0886. The zero-order chi connectivity index (χ0) is 14.8. The van der Waals surface area contributed by atoms with E-state index in [2.05, 4.69) is 0 Å². The van der Waals surface area contributed by atoms with Gasteiger partial charge in [0.15, 0.2) is 0 Å². The van der Waals surface area contributed by atoms with Crippen LogP contribution in [0.2, 0.25) is 0 Å². The number of amides is 1. The van der Waals surface area contributed by atoms with Gasteiger partial charge in [0.1, 0.15) is 0 Å². The molecule has 0 radical (unpaired) electrons. The van der Waals surface area contributed by atoms with Crippen LogP contribution in [-0.4, -0.2) is 61.0 Å². The van der Waals surface area contributed by atoms with E-state index in [-0.39, 0.29) is 24.4 Å². The molecule has 0 aromatic rings.